The lowest BCUT2D eigenvalue weighted by molar-refractivity contribution is 0.0497. The van der Waals surface area contributed by atoms with Crippen molar-refractivity contribution in [3.8, 4) is 5.75 Å². The van der Waals surface area contributed by atoms with E-state index in [9.17, 15) is 13.2 Å². The number of aryl methyl sites for hydroxylation is 1. The molecule has 0 unspecified atom stereocenters. The second kappa shape index (κ2) is 8.16. The number of carbonyl (C=O) groups is 1. The van der Waals surface area contributed by atoms with Crippen LogP contribution in [-0.2, 0) is 14.6 Å². The van der Waals surface area contributed by atoms with E-state index in [1.54, 1.807) is 76.4 Å². The number of alkyl carbamates (subject to hydrolysis) is 1. The summed E-state index contributed by atoms with van der Waals surface area (Å²) in [6, 6.07) is 13.8. The zero-order valence-electron chi connectivity index (χ0n) is 18.5. The van der Waals surface area contributed by atoms with Gasteiger partial charge in [-0.25, -0.2) is 13.2 Å². The van der Waals surface area contributed by atoms with E-state index in [1.807, 2.05) is 6.92 Å². The predicted molar refractivity (Wildman–Crippen MR) is 119 cm³/mol. The highest BCUT2D eigenvalue weighted by Crippen LogP contribution is 2.57. The summed E-state index contributed by atoms with van der Waals surface area (Å²) in [4.78, 5) is 12.8. The largest absolute Gasteiger partial charge is 0.497 e. The molecule has 0 spiro atoms. The lowest BCUT2D eigenvalue weighted by atomic mass is 10.1. The Morgan fingerprint density at radius 3 is 2.16 bits per heavy atom. The van der Waals surface area contributed by atoms with Crippen LogP contribution in [0.3, 0.4) is 0 Å². The van der Waals surface area contributed by atoms with Gasteiger partial charge in [0.25, 0.3) is 0 Å². The van der Waals surface area contributed by atoms with Gasteiger partial charge in [0.15, 0.2) is 9.84 Å². The van der Waals surface area contributed by atoms with Crippen molar-refractivity contribution < 1.29 is 22.7 Å². The minimum Gasteiger partial charge on any atom is -0.497 e. The predicted octanol–water partition coefficient (Wildman–Crippen LogP) is 3.17. The molecule has 3 rings (SSSR count). The van der Waals surface area contributed by atoms with Gasteiger partial charge in [0.1, 0.15) is 16.6 Å². The Labute approximate surface area is 183 Å². The van der Waals surface area contributed by atoms with E-state index in [2.05, 4.69) is 5.32 Å². The summed E-state index contributed by atoms with van der Waals surface area (Å²) < 4.78 is 37.8. The number of hydrogen-bond donors (Lipinski definition) is 2. The fourth-order valence-electron chi connectivity index (χ4n) is 3.96. The normalized spacial score (nSPS) is 23.2. The molecule has 7 nitrogen and oxygen atoms in total. The monoisotopic (exact) mass is 446 g/mol. The van der Waals surface area contributed by atoms with Gasteiger partial charge >= 0.3 is 6.09 Å². The van der Waals surface area contributed by atoms with E-state index in [0.717, 1.165) is 11.1 Å². The van der Waals surface area contributed by atoms with Crippen LogP contribution in [0.15, 0.2) is 53.4 Å². The van der Waals surface area contributed by atoms with Crippen molar-refractivity contribution in [1.82, 2.24) is 5.32 Å². The Bertz CT molecular complexity index is 1040. The van der Waals surface area contributed by atoms with Crippen LogP contribution in [0, 0.1) is 6.92 Å². The molecular weight excluding hydrogens is 416 g/mol. The number of rotatable bonds is 6. The van der Waals surface area contributed by atoms with E-state index in [0.29, 0.717) is 5.75 Å². The Kier molecular flexibility index (Phi) is 6.08. The Balaban J connectivity index is 2.03. The Morgan fingerprint density at radius 2 is 1.68 bits per heavy atom. The zero-order valence-corrected chi connectivity index (χ0v) is 19.3. The van der Waals surface area contributed by atoms with Gasteiger partial charge in [-0.1, -0.05) is 29.8 Å². The van der Waals surface area contributed by atoms with E-state index < -0.39 is 38.2 Å². The summed E-state index contributed by atoms with van der Waals surface area (Å²) in [5, 5.41) is 1.87. The number of nitrogens with two attached hydrogens (primary N) is 1. The topological polar surface area (TPSA) is 108 Å². The fourth-order valence-corrected chi connectivity index (χ4v) is 6.30. The Hall–Kier alpha value is -2.58. The van der Waals surface area contributed by atoms with Gasteiger partial charge in [-0.2, -0.15) is 0 Å². The van der Waals surface area contributed by atoms with E-state index >= 15 is 0 Å². The first-order chi connectivity index (χ1) is 14.4. The minimum atomic E-state index is -3.79. The van der Waals surface area contributed by atoms with E-state index in [4.69, 9.17) is 15.2 Å². The van der Waals surface area contributed by atoms with Gasteiger partial charge in [0.05, 0.1) is 17.5 Å². The second-order valence-electron chi connectivity index (χ2n) is 8.90. The SMILES string of the molecule is COc1ccc([C@H]2[C@H](S(=O)(=O)c3ccc(C)cc3)[C@@]2(CN)NC(=O)OC(C)(C)C)cc1. The summed E-state index contributed by atoms with van der Waals surface area (Å²) in [5.74, 6) is 0.128. The van der Waals surface area contributed by atoms with Crippen molar-refractivity contribution in [2.45, 2.75) is 54.9 Å². The number of ether oxygens (including phenoxy) is 2. The number of nitrogens with one attached hydrogen (secondary N) is 1. The van der Waals surface area contributed by atoms with Crippen molar-refractivity contribution in [1.29, 1.82) is 0 Å². The first kappa shape index (κ1) is 23.1. The molecule has 0 heterocycles. The quantitative estimate of drug-likeness (QED) is 0.706. The molecule has 3 N–H and O–H groups in total. The van der Waals surface area contributed by atoms with Crippen LogP contribution in [0.2, 0.25) is 0 Å². The average Bonchev–Trinajstić information content (AvgIpc) is 3.36. The maximum atomic E-state index is 13.6. The number of carbonyl (C=O) groups excluding carboxylic acids is 1. The molecule has 2 aromatic rings. The van der Waals surface area contributed by atoms with Gasteiger partial charge in [-0.15, -0.1) is 0 Å². The maximum Gasteiger partial charge on any atom is 0.408 e. The van der Waals surface area contributed by atoms with Gasteiger partial charge < -0.3 is 20.5 Å². The fraction of sp³-hybridized carbons (Fsp3) is 0.435. The molecule has 1 fully saturated rings. The van der Waals surface area contributed by atoms with Crippen molar-refractivity contribution in [2.75, 3.05) is 13.7 Å². The summed E-state index contributed by atoms with van der Waals surface area (Å²) in [6.07, 6.45) is -0.696. The summed E-state index contributed by atoms with van der Waals surface area (Å²) in [6.45, 7) is 7.07. The van der Waals surface area contributed by atoms with Gasteiger partial charge in [-0.05, 0) is 57.5 Å². The molecule has 0 saturated heterocycles. The smallest absolute Gasteiger partial charge is 0.408 e. The molecular formula is C23H30N2O5S. The highest BCUT2D eigenvalue weighted by molar-refractivity contribution is 7.92. The summed E-state index contributed by atoms with van der Waals surface area (Å²) in [5.41, 5.74) is 5.90. The molecule has 31 heavy (non-hydrogen) atoms. The van der Waals surface area contributed by atoms with E-state index in [1.165, 1.54) is 0 Å². The third kappa shape index (κ3) is 4.55. The first-order valence-corrected chi connectivity index (χ1v) is 11.6. The molecule has 0 aliphatic heterocycles. The molecule has 168 valence electrons. The highest BCUT2D eigenvalue weighted by atomic mass is 32.2. The standard InChI is InChI=1S/C23H30N2O5S/c1-15-6-12-18(13-7-15)31(27,28)20-19(16-8-10-17(29-5)11-9-16)23(20,14-24)25-21(26)30-22(2,3)4/h6-13,19-20H,14,24H2,1-5H3,(H,25,26)/t19-,20-,23-/m0/s1. The average molecular weight is 447 g/mol. The van der Waals surface area contributed by atoms with Crippen molar-refractivity contribution in [2.24, 2.45) is 5.73 Å². The van der Waals surface area contributed by atoms with Crippen LogP contribution in [0.4, 0.5) is 4.79 Å². The number of benzene rings is 2. The molecule has 2 aromatic carbocycles. The summed E-state index contributed by atoms with van der Waals surface area (Å²) in [7, 11) is -2.23. The third-order valence-corrected chi connectivity index (χ3v) is 7.78. The Morgan fingerprint density at radius 1 is 1.10 bits per heavy atom. The lowest BCUT2D eigenvalue weighted by Gasteiger charge is -2.24. The maximum absolute atomic E-state index is 13.6. The van der Waals surface area contributed by atoms with Crippen LogP contribution in [0.25, 0.3) is 0 Å². The third-order valence-electron chi connectivity index (χ3n) is 5.49. The van der Waals surface area contributed by atoms with Gasteiger partial charge in [0.2, 0.25) is 0 Å². The second-order valence-corrected chi connectivity index (χ2v) is 11.0. The van der Waals surface area contributed by atoms with Gasteiger partial charge in [-0.3, -0.25) is 0 Å². The van der Waals surface area contributed by atoms with E-state index in [-0.39, 0.29) is 11.4 Å². The van der Waals surface area contributed by atoms with Crippen LogP contribution < -0.4 is 15.8 Å². The van der Waals surface area contributed by atoms with Crippen LogP contribution >= 0.6 is 0 Å². The molecule has 3 atom stereocenters. The molecule has 8 heteroatoms. The molecule has 1 amide bonds. The van der Waals surface area contributed by atoms with Crippen molar-refractivity contribution >= 4 is 15.9 Å². The number of sulfone groups is 1. The van der Waals surface area contributed by atoms with Crippen molar-refractivity contribution in [3.05, 3.63) is 59.7 Å². The van der Waals surface area contributed by atoms with Crippen LogP contribution in [-0.4, -0.2) is 44.6 Å². The molecule has 0 radical (unpaired) electrons. The zero-order chi connectivity index (χ0) is 23.0. The highest BCUT2D eigenvalue weighted by Gasteiger charge is 2.71. The molecule has 0 bridgehead atoms. The lowest BCUT2D eigenvalue weighted by Crippen LogP contribution is -2.49. The number of hydrogen-bond acceptors (Lipinski definition) is 6. The van der Waals surface area contributed by atoms with Crippen LogP contribution in [0.1, 0.15) is 37.8 Å². The van der Waals surface area contributed by atoms with Crippen LogP contribution in [0.5, 0.6) is 5.75 Å². The molecule has 1 saturated carbocycles. The molecule has 0 aromatic heterocycles. The van der Waals surface area contributed by atoms with Crippen molar-refractivity contribution in [3.63, 3.8) is 0 Å². The molecule has 1 aliphatic carbocycles. The summed E-state index contributed by atoms with van der Waals surface area (Å²) >= 11 is 0. The first-order valence-electron chi connectivity index (χ1n) is 10.1. The minimum absolute atomic E-state index is 0.0568. The number of methoxy groups -OCH3 is 1. The molecule has 1 aliphatic rings. The van der Waals surface area contributed by atoms with Gasteiger partial charge in [0, 0.05) is 12.5 Å². The number of amides is 1.